The Labute approximate surface area is 189 Å². The van der Waals surface area contributed by atoms with Crippen LogP contribution in [0, 0.1) is 0 Å². The summed E-state index contributed by atoms with van der Waals surface area (Å²) in [6.07, 6.45) is 0. The number of anilines is 1. The van der Waals surface area contributed by atoms with Crippen LogP contribution in [-0.2, 0) is 0 Å². The van der Waals surface area contributed by atoms with E-state index in [1.807, 2.05) is 53.4 Å². The summed E-state index contributed by atoms with van der Waals surface area (Å²) in [5.41, 5.74) is 2.64. The largest absolute Gasteiger partial charge is 0.352 e. The maximum Gasteiger partial charge on any atom is 0.253 e. The zero-order chi connectivity index (χ0) is 21.2. The minimum atomic E-state index is 0.0740. The Balaban J connectivity index is 1.25. The second-order valence-electron chi connectivity index (χ2n) is 7.62. The molecule has 0 unspecified atom stereocenters. The molecule has 5 rings (SSSR count). The van der Waals surface area contributed by atoms with Crippen molar-refractivity contribution in [1.82, 2.24) is 15.1 Å². The number of halogens is 1. The summed E-state index contributed by atoms with van der Waals surface area (Å²) in [7, 11) is 0. The monoisotopic (exact) mass is 472 g/mol. The average Bonchev–Trinajstić information content (AvgIpc) is 2.84. The first-order valence-corrected chi connectivity index (χ1v) is 11.1. The minimum absolute atomic E-state index is 0.0740. The number of aromatic nitrogens is 2. The molecule has 0 spiro atoms. The van der Waals surface area contributed by atoms with Crippen molar-refractivity contribution in [2.75, 3.05) is 31.1 Å². The smallest absolute Gasteiger partial charge is 0.253 e. The highest BCUT2D eigenvalue weighted by atomic mass is 79.9. The van der Waals surface area contributed by atoms with Crippen LogP contribution in [0.5, 0.6) is 0 Å². The second kappa shape index (κ2) is 8.47. The van der Waals surface area contributed by atoms with Gasteiger partial charge in [0.2, 0.25) is 0 Å². The van der Waals surface area contributed by atoms with E-state index < -0.39 is 0 Å². The zero-order valence-corrected chi connectivity index (χ0v) is 18.5. The van der Waals surface area contributed by atoms with Crippen LogP contribution in [0.4, 0.5) is 5.82 Å². The third kappa shape index (κ3) is 4.16. The van der Waals surface area contributed by atoms with Crippen molar-refractivity contribution in [3.05, 3.63) is 88.9 Å². The predicted molar refractivity (Wildman–Crippen MR) is 127 cm³/mol. The Hall–Kier alpha value is -3.25. The number of carbonyl (C=O) groups excluding carboxylic acids is 1. The molecule has 1 aliphatic rings. The lowest BCUT2D eigenvalue weighted by Crippen LogP contribution is -2.49. The standard InChI is InChI=1S/C25H21BrN4O/c26-22-9-7-19(8-10-22)25(31)30-15-13-29(14-16-30)24-12-11-23(27-28-24)21-6-5-18-3-1-2-4-20(18)17-21/h1-12,17H,13-16H2. The topological polar surface area (TPSA) is 49.3 Å². The molecule has 0 aliphatic carbocycles. The van der Waals surface area contributed by atoms with Gasteiger partial charge in [-0.3, -0.25) is 4.79 Å². The van der Waals surface area contributed by atoms with Crippen LogP contribution in [0.1, 0.15) is 10.4 Å². The molecule has 6 heteroatoms. The van der Waals surface area contributed by atoms with Gasteiger partial charge in [0.1, 0.15) is 0 Å². The fourth-order valence-corrected chi connectivity index (χ4v) is 4.17. The van der Waals surface area contributed by atoms with Gasteiger partial charge in [0.15, 0.2) is 5.82 Å². The Morgan fingerprint density at radius 1 is 0.774 bits per heavy atom. The first-order valence-electron chi connectivity index (χ1n) is 10.3. The van der Waals surface area contributed by atoms with E-state index in [0.29, 0.717) is 13.1 Å². The van der Waals surface area contributed by atoms with E-state index in [1.54, 1.807) is 0 Å². The van der Waals surface area contributed by atoms with Gasteiger partial charge in [-0.05, 0) is 53.2 Å². The first-order chi connectivity index (χ1) is 15.2. The molecule has 5 nitrogen and oxygen atoms in total. The third-order valence-electron chi connectivity index (χ3n) is 5.68. The fourth-order valence-electron chi connectivity index (χ4n) is 3.91. The van der Waals surface area contributed by atoms with Gasteiger partial charge < -0.3 is 9.80 Å². The predicted octanol–water partition coefficient (Wildman–Crippen LogP) is 5.02. The van der Waals surface area contributed by atoms with E-state index in [-0.39, 0.29) is 5.91 Å². The van der Waals surface area contributed by atoms with Gasteiger partial charge in [-0.2, -0.15) is 0 Å². The first kappa shape index (κ1) is 19.7. The van der Waals surface area contributed by atoms with Crippen LogP contribution < -0.4 is 4.90 Å². The van der Waals surface area contributed by atoms with E-state index in [2.05, 4.69) is 61.4 Å². The summed E-state index contributed by atoms with van der Waals surface area (Å²) in [6, 6.07) is 26.2. The maximum absolute atomic E-state index is 12.7. The maximum atomic E-state index is 12.7. The van der Waals surface area contributed by atoms with Crippen molar-refractivity contribution in [3.8, 4) is 11.3 Å². The van der Waals surface area contributed by atoms with Crippen molar-refractivity contribution in [1.29, 1.82) is 0 Å². The number of fused-ring (bicyclic) bond motifs is 1. The van der Waals surface area contributed by atoms with Gasteiger partial charge in [-0.1, -0.05) is 52.3 Å². The molecule has 31 heavy (non-hydrogen) atoms. The Kier molecular flexibility index (Phi) is 5.38. The Bertz CT molecular complexity index is 1220. The summed E-state index contributed by atoms with van der Waals surface area (Å²) >= 11 is 3.41. The van der Waals surface area contributed by atoms with Gasteiger partial charge in [0, 0.05) is 41.8 Å². The van der Waals surface area contributed by atoms with Crippen molar-refractivity contribution in [2.45, 2.75) is 0 Å². The number of rotatable bonds is 3. The lowest BCUT2D eigenvalue weighted by Gasteiger charge is -2.35. The van der Waals surface area contributed by atoms with Crippen LogP contribution in [0.3, 0.4) is 0 Å². The highest BCUT2D eigenvalue weighted by Crippen LogP contribution is 2.24. The molecular weight excluding hydrogens is 452 g/mol. The van der Waals surface area contributed by atoms with E-state index in [1.165, 1.54) is 10.8 Å². The van der Waals surface area contributed by atoms with Crippen LogP contribution in [-0.4, -0.2) is 47.2 Å². The molecule has 0 bridgehead atoms. The quantitative estimate of drug-likeness (QED) is 0.419. The normalized spacial score (nSPS) is 14.1. The molecule has 0 saturated carbocycles. The molecule has 1 aromatic heterocycles. The minimum Gasteiger partial charge on any atom is -0.352 e. The molecular formula is C25H21BrN4O. The van der Waals surface area contributed by atoms with E-state index in [9.17, 15) is 4.79 Å². The van der Waals surface area contributed by atoms with Crippen LogP contribution in [0.2, 0.25) is 0 Å². The summed E-state index contributed by atoms with van der Waals surface area (Å²) in [4.78, 5) is 16.8. The molecule has 0 atom stereocenters. The molecule has 4 aromatic rings. The molecule has 1 aliphatic heterocycles. The van der Waals surface area contributed by atoms with Crippen molar-refractivity contribution < 1.29 is 4.79 Å². The summed E-state index contributed by atoms with van der Waals surface area (Å²) in [6.45, 7) is 2.82. The van der Waals surface area contributed by atoms with Crippen LogP contribution in [0.25, 0.3) is 22.0 Å². The number of carbonyl (C=O) groups is 1. The lowest BCUT2D eigenvalue weighted by atomic mass is 10.1. The van der Waals surface area contributed by atoms with E-state index >= 15 is 0 Å². The summed E-state index contributed by atoms with van der Waals surface area (Å²) < 4.78 is 0.972. The third-order valence-corrected chi connectivity index (χ3v) is 6.21. The number of benzene rings is 3. The molecule has 1 saturated heterocycles. The van der Waals surface area contributed by atoms with Gasteiger partial charge >= 0.3 is 0 Å². The summed E-state index contributed by atoms with van der Waals surface area (Å²) in [5, 5.41) is 11.3. The van der Waals surface area contributed by atoms with Gasteiger partial charge in [-0.25, -0.2) is 0 Å². The SMILES string of the molecule is O=C(c1ccc(Br)cc1)N1CCN(c2ccc(-c3ccc4ccccc4c3)nn2)CC1. The van der Waals surface area contributed by atoms with E-state index in [0.717, 1.165) is 40.2 Å². The number of hydrogen-bond donors (Lipinski definition) is 0. The Morgan fingerprint density at radius 3 is 2.23 bits per heavy atom. The van der Waals surface area contributed by atoms with Crippen LogP contribution in [0.15, 0.2) is 83.3 Å². The summed E-state index contributed by atoms with van der Waals surface area (Å²) in [5.74, 6) is 0.921. The molecule has 3 aromatic carbocycles. The second-order valence-corrected chi connectivity index (χ2v) is 8.54. The van der Waals surface area contributed by atoms with Gasteiger partial charge in [0.25, 0.3) is 5.91 Å². The fraction of sp³-hybridized carbons (Fsp3) is 0.160. The average molecular weight is 473 g/mol. The Morgan fingerprint density at radius 2 is 1.52 bits per heavy atom. The molecule has 1 amide bonds. The molecule has 1 fully saturated rings. The van der Waals surface area contributed by atoms with Gasteiger partial charge in [-0.15, -0.1) is 10.2 Å². The highest BCUT2D eigenvalue weighted by molar-refractivity contribution is 9.10. The molecule has 2 heterocycles. The van der Waals surface area contributed by atoms with Crippen molar-refractivity contribution in [2.24, 2.45) is 0 Å². The molecule has 0 radical (unpaired) electrons. The number of hydrogen-bond acceptors (Lipinski definition) is 4. The number of nitrogens with zero attached hydrogens (tertiary/aromatic N) is 4. The lowest BCUT2D eigenvalue weighted by molar-refractivity contribution is 0.0746. The van der Waals surface area contributed by atoms with Crippen molar-refractivity contribution in [3.63, 3.8) is 0 Å². The van der Waals surface area contributed by atoms with Crippen LogP contribution >= 0.6 is 15.9 Å². The van der Waals surface area contributed by atoms with Gasteiger partial charge in [0.05, 0.1) is 5.69 Å². The molecule has 154 valence electrons. The van der Waals surface area contributed by atoms with Crippen molar-refractivity contribution >= 4 is 38.4 Å². The van der Waals surface area contributed by atoms with E-state index in [4.69, 9.17) is 0 Å². The highest BCUT2D eigenvalue weighted by Gasteiger charge is 2.23. The molecule has 0 N–H and O–H groups in total. The number of piperazine rings is 1. The zero-order valence-electron chi connectivity index (χ0n) is 16.9. The number of amides is 1.